The van der Waals surface area contributed by atoms with Gasteiger partial charge in [-0.25, -0.2) is 0 Å². The Kier molecular flexibility index (Phi) is 6.46. The minimum atomic E-state index is -0.249. The van der Waals surface area contributed by atoms with Crippen molar-refractivity contribution >= 4 is 23.4 Å². The molecule has 1 heterocycles. The smallest absolute Gasteiger partial charge is 0.237 e. The van der Waals surface area contributed by atoms with E-state index < -0.39 is 0 Å². The first-order valence-corrected chi connectivity index (χ1v) is 8.55. The van der Waals surface area contributed by atoms with Crippen LogP contribution in [0.5, 0.6) is 5.75 Å². The van der Waals surface area contributed by atoms with Gasteiger partial charge in [0.1, 0.15) is 5.75 Å². The Balaban J connectivity index is 1.87. The summed E-state index contributed by atoms with van der Waals surface area (Å²) in [7, 11) is 1.58. The number of aryl methyl sites for hydroxylation is 1. The van der Waals surface area contributed by atoms with E-state index in [4.69, 9.17) is 9.26 Å². The Morgan fingerprint density at radius 2 is 2.22 bits per heavy atom. The number of rotatable bonds is 8. The van der Waals surface area contributed by atoms with Crippen LogP contribution in [-0.2, 0) is 17.0 Å². The van der Waals surface area contributed by atoms with Crippen LogP contribution in [0.3, 0.4) is 0 Å². The summed E-state index contributed by atoms with van der Waals surface area (Å²) in [6.07, 6.45) is 1.78. The Bertz CT molecular complexity index is 645. The molecule has 0 aliphatic carbocycles. The van der Waals surface area contributed by atoms with Gasteiger partial charge in [-0.2, -0.15) is 4.98 Å². The topological polar surface area (TPSA) is 77.2 Å². The van der Waals surface area contributed by atoms with Gasteiger partial charge in [-0.15, -0.1) is 11.8 Å². The molecule has 0 saturated heterocycles. The van der Waals surface area contributed by atoms with Gasteiger partial charge in [-0.05, 0) is 25.5 Å². The number of hydrogen-bond acceptors (Lipinski definition) is 6. The average Bonchev–Trinajstić information content (AvgIpc) is 3.01. The lowest BCUT2D eigenvalue weighted by atomic mass is 10.3. The fourth-order valence-corrected chi connectivity index (χ4v) is 2.65. The normalized spacial score (nSPS) is 12.0. The number of methoxy groups -OCH3 is 1. The highest BCUT2D eigenvalue weighted by Crippen LogP contribution is 2.25. The highest BCUT2D eigenvalue weighted by Gasteiger charge is 2.17. The molecule has 1 aromatic carbocycles. The molecule has 0 saturated carbocycles. The van der Waals surface area contributed by atoms with Crippen LogP contribution in [0.4, 0.5) is 5.69 Å². The van der Waals surface area contributed by atoms with Crippen molar-refractivity contribution in [1.29, 1.82) is 0 Å². The number of benzene rings is 1. The maximum absolute atomic E-state index is 12.3. The molecule has 1 amide bonds. The van der Waals surface area contributed by atoms with Gasteiger partial charge in [0.2, 0.25) is 11.8 Å². The van der Waals surface area contributed by atoms with Gasteiger partial charge in [0, 0.05) is 6.42 Å². The SMILES string of the molecule is CCCc1noc(CSC(C)C(=O)Nc2ccccc2OC)n1. The van der Waals surface area contributed by atoms with E-state index in [-0.39, 0.29) is 11.2 Å². The first kappa shape index (κ1) is 17.3. The summed E-state index contributed by atoms with van der Waals surface area (Å²) in [5.41, 5.74) is 0.662. The van der Waals surface area contributed by atoms with E-state index >= 15 is 0 Å². The number of aromatic nitrogens is 2. The van der Waals surface area contributed by atoms with Crippen LogP contribution in [-0.4, -0.2) is 28.4 Å². The first-order valence-electron chi connectivity index (χ1n) is 7.51. The summed E-state index contributed by atoms with van der Waals surface area (Å²) in [6, 6.07) is 7.32. The maximum atomic E-state index is 12.3. The summed E-state index contributed by atoms with van der Waals surface area (Å²) in [4.78, 5) is 16.5. The van der Waals surface area contributed by atoms with Crippen LogP contribution in [0, 0.1) is 0 Å². The molecule has 1 atom stereocenters. The number of thioether (sulfide) groups is 1. The van der Waals surface area contributed by atoms with Gasteiger partial charge < -0.3 is 14.6 Å². The number of anilines is 1. The van der Waals surface area contributed by atoms with E-state index in [2.05, 4.69) is 22.4 Å². The first-order chi connectivity index (χ1) is 11.1. The standard InChI is InChI=1S/C16H21N3O3S/c1-4-7-14-18-15(22-19-14)10-23-11(2)16(20)17-12-8-5-6-9-13(12)21-3/h5-6,8-9,11H,4,7,10H2,1-3H3,(H,17,20). The van der Waals surface area contributed by atoms with Gasteiger partial charge in [-0.1, -0.05) is 24.2 Å². The van der Waals surface area contributed by atoms with Crippen LogP contribution in [0.25, 0.3) is 0 Å². The number of nitrogens with one attached hydrogen (secondary N) is 1. The van der Waals surface area contributed by atoms with Crippen molar-refractivity contribution in [2.24, 2.45) is 0 Å². The van der Waals surface area contributed by atoms with E-state index in [9.17, 15) is 4.79 Å². The number of carbonyl (C=O) groups is 1. The van der Waals surface area contributed by atoms with Gasteiger partial charge in [0.05, 0.1) is 23.8 Å². The quantitative estimate of drug-likeness (QED) is 0.797. The molecule has 1 N–H and O–H groups in total. The second-order valence-corrected chi connectivity index (χ2v) is 6.33. The Morgan fingerprint density at radius 3 is 2.96 bits per heavy atom. The predicted molar refractivity (Wildman–Crippen MR) is 90.7 cm³/mol. The Labute approximate surface area is 140 Å². The summed E-state index contributed by atoms with van der Waals surface area (Å²) >= 11 is 1.45. The Hall–Kier alpha value is -2.02. The molecule has 0 radical (unpaired) electrons. The van der Waals surface area contributed by atoms with Crippen LogP contribution in [0.2, 0.25) is 0 Å². The van der Waals surface area contributed by atoms with Gasteiger partial charge in [0.25, 0.3) is 0 Å². The third-order valence-electron chi connectivity index (χ3n) is 3.17. The molecule has 0 aliphatic heterocycles. The van der Waals surface area contributed by atoms with E-state index in [1.54, 1.807) is 13.2 Å². The second kappa shape index (κ2) is 8.57. The Morgan fingerprint density at radius 1 is 1.43 bits per heavy atom. The van der Waals surface area contributed by atoms with Crippen molar-refractivity contribution in [2.45, 2.75) is 37.7 Å². The monoisotopic (exact) mass is 335 g/mol. The summed E-state index contributed by atoms with van der Waals surface area (Å²) in [5, 5.41) is 6.53. The zero-order chi connectivity index (χ0) is 16.7. The second-order valence-electron chi connectivity index (χ2n) is 5.00. The summed E-state index contributed by atoms with van der Waals surface area (Å²) in [5.74, 6) is 2.33. The highest BCUT2D eigenvalue weighted by molar-refractivity contribution is 7.99. The number of ether oxygens (including phenoxy) is 1. The fraction of sp³-hybridized carbons (Fsp3) is 0.438. The third kappa shape index (κ3) is 4.99. The number of para-hydroxylation sites is 2. The number of amides is 1. The fourth-order valence-electron chi connectivity index (χ4n) is 1.93. The van der Waals surface area contributed by atoms with Crippen molar-refractivity contribution in [3.05, 3.63) is 36.0 Å². The molecule has 0 bridgehead atoms. The molecule has 23 heavy (non-hydrogen) atoms. The van der Waals surface area contributed by atoms with Gasteiger partial charge >= 0.3 is 0 Å². The molecule has 7 heteroatoms. The number of carbonyl (C=O) groups excluding carboxylic acids is 1. The molecule has 0 aliphatic rings. The van der Waals surface area contributed by atoms with E-state index in [0.717, 1.165) is 12.8 Å². The van der Waals surface area contributed by atoms with Crippen LogP contribution < -0.4 is 10.1 Å². The molecule has 1 aromatic heterocycles. The molecule has 1 unspecified atom stereocenters. The number of hydrogen-bond donors (Lipinski definition) is 1. The van der Waals surface area contributed by atoms with E-state index in [1.807, 2.05) is 25.1 Å². The lowest BCUT2D eigenvalue weighted by Crippen LogP contribution is -2.22. The van der Waals surface area contributed by atoms with Gasteiger partial charge in [-0.3, -0.25) is 4.79 Å². The van der Waals surface area contributed by atoms with Crippen LogP contribution in [0.15, 0.2) is 28.8 Å². The molecular weight excluding hydrogens is 314 g/mol. The highest BCUT2D eigenvalue weighted by atomic mass is 32.2. The van der Waals surface area contributed by atoms with E-state index in [1.165, 1.54) is 11.8 Å². The molecule has 2 rings (SSSR count). The zero-order valence-corrected chi connectivity index (χ0v) is 14.4. The lowest BCUT2D eigenvalue weighted by Gasteiger charge is -2.13. The van der Waals surface area contributed by atoms with Crippen LogP contribution >= 0.6 is 11.8 Å². The molecule has 0 spiro atoms. The van der Waals surface area contributed by atoms with Crippen molar-refractivity contribution in [1.82, 2.24) is 10.1 Å². The molecular formula is C16H21N3O3S. The average molecular weight is 335 g/mol. The summed E-state index contributed by atoms with van der Waals surface area (Å²) in [6.45, 7) is 3.91. The number of nitrogens with zero attached hydrogens (tertiary/aromatic N) is 2. The van der Waals surface area contributed by atoms with Crippen molar-refractivity contribution in [2.75, 3.05) is 12.4 Å². The van der Waals surface area contributed by atoms with Crippen molar-refractivity contribution in [3.63, 3.8) is 0 Å². The molecule has 0 fully saturated rings. The summed E-state index contributed by atoms with van der Waals surface area (Å²) < 4.78 is 10.4. The zero-order valence-electron chi connectivity index (χ0n) is 13.5. The maximum Gasteiger partial charge on any atom is 0.237 e. The molecule has 6 nitrogen and oxygen atoms in total. The largest absolute Gasteiger partial charge is 0.495 e. The minimum absolute atomic E-state index is 0.0900. The molecule has 124 valence electrons. The molecule has 2 aromatic rings. The van der Waals surface area contributed by atoms with Crippen molar-refractivity contribution < 1.29 is 14.1 Å². The lowest BCUT2D eigenvalue weighted by molar-refractivity contribution is -0.115. The minimum Gasteiger partial charge on any atom is -0.495 e. The third-order valence-corrected chi connectivity index (χ3v) is 4.30. The van der Waals surface area contributed by atoms with E-state index in [0.29, 0.717) is 28.9 Å². The van der Waals surface area contributed by atoms with Crippen LogP contribution in [0.1, 0.15) is 32.0 Å². The van der Waals surface area contributed by atoms with Crippen molar-refractivity contribution in [3.8, 4) is 5.75 Å². The predicted octanol–water partition coefficient (Wildman–Crippen LogP) is 3.29. The van der Waals surface area contributed by atoms with Gasteiger partial charge in [0.15, 0.2) is 5.82 Å².